The maximum Gasteiger partial charge on any atom is 0.247 e. The summed E-state index contributed by atoms with van der Waals surface area (Å²) in [5.74, 6) is 0.224. The summed E-state index contributed by atoms with van der Waals surface area (Å²) in [5, 5.41) is 8.58. The second kappa shape index (κ2) is 8.37. The van der Waals surface area contributed by atoms with E-state index in [4.69, 9.17) is 5.73 Å². The lowest BCUT2D eigenvalue weighted by molar-refractivity contribution is -0.135. The number of Topliss-reactive ketones (excluding diaryl/α,β-unsaturated/α-hetero) is 1. The van der Waals surface area contributed by atoms with Crippen molar-refractivity contribution < 1.29 is 9.59 Å². The minimum atomic E-state index is -0.356. The molecule has 3 heterocycles. The Hall–Kier alpha value is -3.42. The summed E-state index contributed by atoms with van der Waals surface area (Å²) < 4.78 is 3.33. The average Bonchev–Trinajstić information content (AvgIpc) is 3.38. The van der Waals surface area contributed by atoms with Crippen LogP contribution < -0.4 is 5.73 Å². The molecule has 1 aliphatic rings. The highest BCUT2D eigenvalue weighted by atomic mass is 16.2. The number of nitrogens with two attached hydrogens (primary N) is 1. The molecule has 2 N–H and O–H groups in total. The Morgan fingerprint density at radius 3 is 2.35 bits per heavy atom. The van der Waals surface area contributed by atoms with Crippen molar-refractivity contribution in [2.75, 3.05) is 18.8 Å². The molecule has 1 atom stereocenters. The molecule has 1 amide bonds. The van der Waals surface area contributed by atoms with Crippen molar-refractivity contribution in [3.63, 3.8) is 0 Å². The van der Waals surface area contributed by atoms with Gasteiger partial charge in [0.1, 0.15) is 11.9 Å². The van der Waals surface area contributed by atoms with E-state index in [1.165, 1.54) is 0 Å². The monoisotopic (exact) mass is 420 g/mol. The van der Waals surface area contributed by atoms with Crippen LogP contribution in [-0.4, -0.2) is 49.2 Å². The standard InChI is InChI=1S/C23H28N6O2/c1-15-4-6-19(7-5-15)29-22(24)20(14-26-29)21(30)18-9-12-27(13-10-18)23(31)17(3)28-16(2)8-11-25-28/h4-8,11,14,17-18H,9-10,12-13,24H2,1-3H3/t17-/m0/s1. The molecule has 0 saturated carbocycles. The van der Waals surface area contributed by atoms with E-state index in [0.717, 1.165) is 16.9 Å². The first kappa shape index (κ1) is 20.8. The molecule has 8 heteroatoms. The maximum absolute atomic E-state index is 13.1. The highest BCUT2D eigenvalue weighted by molar-refractivity contribution is 6.01. The number of nitrogens with zero attached hydrogens (tertiary/aromatic N) is 5. The fraction of sp³-hybridized carbons (Fsp3) is 0.391. The van der Waals surface area contributed by atoms with Crippen molar-refractivity contribution in [2.45, 2.75) is 39.7 Å². The molecule has 1 fully saturated rings. The first-order valence-corrected chi connectivity index (χ1v) is 10.6. The van der Waals surface area contributed by atoms with Gasteiger partial charge in [0.25, 0.3) is 0 Å². The molecule has 4 rings (SSSR count). The summed E-state index contributed by atoms with van der Waals surface area (Å²) in [4.78, 5) is 27.8. The van der Waals surface area contributed by atoms with Crippen LogP contribution in [0, 0.1) is 19.8 Å². The van der Waals surface area contributed by atoms with Crippen LogP contribution in [-0.2, 0) is 4.79 Å². The predicted octanol–water partition coefficient (Wildman–Crippen LogP) is 2.95. The van der Waals surface area contributed by atoms with Gasteiger partial charge < -0.3 is 10.6 Å². The van der Waals surface area contributed by atoms with Crippen molar-refractivity contribution >= 4 is 17.5 Å². The number of anilines is 1. The van der Waals surface area contributed by atoms with Crippen LogP contribution in [0.25, 0.3) is 5.69 Å². The van der Waals surface area contributed by atoms with Gasteiger partial charge in [0.15, 0.2) is 5.78 Å². The number of aryl methyl sites for hydroxylation is 2. The second-order valence-electron chi connectivity index (χ2n) is 8.25. The lowest BCUT2D eigenvalue weighted by Crippen LogP contribution is -2.43. The van der Waals surface area contributed by atoms with E-state index in [1.807, 2.05) is 56.0 Å². The van der Waals surface area contributed by atoms with E-state index in [-0.39, 0.29) is 23.7 Å². The molecule has 0 unspecified atom stereocenters. The molecular weight excluding hydrogens is 392 g/mol. The summed E-state index contributed by atoms with van der Waals surface area (Å²) in [6.45, 7) is 6.90. The van der Waals surface area contributed by atoms with Gasteiger partial charge in [-0.2, -0.15) is 10.2 Å². The molecule has 1 saturated heterocycles. The van der Waals surface area contributed by atoms with Gasteiger partial charge in [-0.3, -0.25) is 14.3 Å². The molecular formula is C23H28N6O2. The zero-order chi connectivity index (χ0) is 22.1. The smallest absolute Gasteiger partial charge is 0.247 e. The molecule has 162 valence electrons. The Morgan fingerprint density at radius 2 is 1.74 bits per heavy atom. The van der Waals surface area contributed by atoms with E-state index in [1.54, 1.807) is 21.8 Å². The number of piperidine rings is 1. The Balaban J connectivity index is 1.41. The van der Waals surface area contributed by atoms with E-state index < -0.39 is 0 Å². The number of hydrogen-bond donors (Lipinski definition) is 1. The van der Waals surface area contributed by atoms with Crippen molar-refractivity contribution in [2.24, 2.45) is 5.92 Å². The zero-order valence-electron chi connectivity index (χ0n) is 18.2. The minimum absolute atomic E-state index is 0.000991. The van der Waals surface area contributed by atoms with Gasteiger partial charge in [-0.1, -0.05) is 17.7 Å². The number of benzene rings is 1. The molecule has 31 heavy (non-hydrogen) atoms. The largest absolute Gasteiger partial charge is 0.383 e. The lowest BCUT2D eigenvalue weighted by atomic mass is 9.89. The van der Waals surface area contributed by atoms with E-state index in [0.29, 0.717) is 37.3 Å². The van der Waals surface area contributed by atoms with Gasteiger partial charge in [0.05, 0.1) is 17.4 Å². The number of likely N-dealkylation sites (tertiary alicyclic amines) is 1. The number of carbonyl (C=O) groups is 2. The molecule has 1 aliphatic heterocycles. The summed E-state index contributed by atoms with van der Waals surface area (Å²) in [6.07, 6.45) is 4.48. The molecule has 8 nitrogen and oxygen atoms in total. The number of hydrogen-bond acceptors (Lipinski definition) is 5. The van der Waals surface area contributed by atoms with Gasteiger partial charge in [0.2, 0.25) is 5.91 Å². The minimum Gasteiger partial charge on any atom is -0.383 e. The molecule has 0 aliphatic carbocycles. The van der Waals surface area contributed by atoms with Crippen LogP contribution in [0.1, 0.15) is 47.4 Å². The summed E-state index contributed by atoms with van der Waals surface area (Å²) in [7, 11) is 0. The van der Waals surface area contributed by atoms with Gasteiger partial charge in [-0.15, -0.1) is 0 Å². The van der Waals surface area contributed by atoms with Crippen LogP contribution in [0.2, 0.25) is 0 Å². The molecule has 0 spiro atoms. The topological polar surface area (TPSA) is 99.0 Å². The average molecular weight is 421 g/mol. The number of nitrogen functional groups attached to an aromatic ring is 1. The van der Waals surface area contributed by atoms with Crippen molar-refractivity contribution in [3.05, 3.63) is 59.5 Å². The molecule has 0 radical (unpaired) electrons. The van der Waals surface area contributed by atoms with Crippen molar-refractivity contribution in [1.82, 2.24) is 24.5 Å². The molecule has 0 bridgehead atoms. The van der Waals surface area contributed by atoms with Crippen molar-refractivity contribution in [3.8, 4) is 5.69 Å². The van der Waals surface area contributed by atoms with Gasteiger partial charge in [-0.05, 0) is 51.8 Å². The second-order valence-corrected chi connectivity index (χ2v) is 8.25. The van der Waals surface area contributed by atoms with Gasteiger partial charge in [-0.25, -0.2) is 4.68 Å². The van der Waals surface area contributed by atoms with Crippen molar-refractivity contribution in [1.29, 1.82) is 0 Å². The van der Waals surface area contributed by atoms with Gasteiger partial charge in [0, 0.05) is 30.9 Å². The first-order valence-electron chi connectivity index (χ1n) is 10.6. The number of aromatic nitrogens is 4. The summed E-state index contributed by atoms with van der Waals surface area (Å²) >= 11 is 0. The first-order chi connectivity index (χ1) is 14.9. The zero-order valence-corrected chi connectivity index (χ0v) is 18.2. The van der Waals surface area contributed by atoms with E-state index >= 15 is 0 Å². The Bertz CT molecular complexity index is 1090. The van der Waals surface area contributed by atoms with Crippen LogP contribution in [0.5, 0.6) is 0 Å². The van der Waals surface area contributed by atoms with Crippen LogP contribution in [0.15, 0.2) is 42.7 Å². The number of ketones is 1. The van der Waals surface area contributed by atoms with E-state index in [2.05, 4.69) is 10.2 Å². The van der Waals surface area contributed by atoms with Crippen LogP contribution in [0.3, 0.4) is 0 Å². The number of carbonyl (C=O) groups excluding carboxylic acids is 2. The highest BCUT2D eigenvalue weighted by Crippen LogP contribution is 2.27. The lowest BCUT2D eigenvalue weighted by Gasteiger charge is -2.33. The third-order valence-electron chi connectivity index (χ3n) is 6.12. The quantitative estimate of drug-likeness (QED) is 0.640. The number of rotatable bonds is 5. The SMILES string of the molecule is Cc1ccc(-n2ncc(C(=O)C3CCN(C(=O)[C@H](C)n4nccc4C)CC3)c2N)cc1. The third-order valence-corrected chi connectivity index (χ3v) is 6.12. The maximum atomic E-state index is 13.1. The molecule has 1 aromatic carbocycles. The fourth-order valence-corrected chi connectivity index (χ4v) is 4.18. The number of amides is 1. The predicted molar refractivity (Wildman–Crippen MR) is 118 cm³/mol. The molecule has 3 aromatic rings. The normalized spacial score (nSPS) is 15.8. The molecule has 2 aromatic heterocycles. The Morgan fingerprint density at radius 1 is 1.06 bits per heavy atom. The van der Waals surface area contributed by atoms with Crippen LogP contribution in [0.4, 0.5) is 5.82 Å². The Kier molecular flexibility index (Phi) is 5.63. The van der Waals surface area contributed by atoms with E-state index in [9.17, 15) is 9.59 Å². The van der Waals surface area contributed by atoms with Gasteiger partial charge >= 0.3 is 0 Å². The summed E-state index contributed by atoms with van der Waals surface area (Å²) in [6, 6.07) is 9.35. The van der Waals surface area contributed by atoms with Crippen LogP contribution >= 0.6 is 0 Å². The highest BCUT2D eigenvalue weighted by Gasteiger charge is 2.32. The Labute approximate surface area is 181 Å². The third kappa shape index (κ3) is 3.97. The fourth-order valence-electron chi connectivity index (χ4n) is 4.18. The summed E-state index contributed by atoms with van der Waals surface area (Å²) in [5.41, 5.74) is 9.64.